The number of imidazole rings is 1. The molecule has 2 aliphatic heterocycles. The SMILES string of the molecule is O=S(=O)(c1ccc(S(=O)(=O)N2CCC(c3nc4ccc(Cl)cc4[nH]3)CC2)cc1)N1CCCCC1. The third-order valence-corrected chi connectivity index (χ3v) is 10.8. The van der Waals surface area contributed by atoms with E-state index in [2.05, 4.69) is 9.97 Å². The minimum atomic E-state index is -3.71. The summed E-state index contributed by atoms with van der Waals surface area (Å²) in [7, 11) is -7.30. The quantitative estimate of drug-likeness (QED) is 0.546. The molecule has 8 nitrogen and oxygen atoms in total. The van der Waals surface area contributed by atoms with Gasteiger partial charge in [-0.15, -0.1) is 0 Å². The summed E-state index contributed by atoms with van der Waals surface area (Å²) in [5.74, 6) is 0.983. The van der Waals surface area contributed by atoms with E-state index in [1.54, 1.807) is 6.07 Å². The summed E-state index contributed by atoms with van der Waals surface area (Å²) in [6.07, 6.45) is 4.03. The average Bonchev–Trinajstić information content (AvgIpc) is 3.28. The molecule has 3 heterocycles. The van der Waals surface area contributed by atoms with Crippen molar-refractivity contribution in [2.45, 2.75) is 47.8 Å². The maximum Gasteiger partial charge on any atom is 0.243 e. The molecule has 2 aliphatic rings. The number of aromatic amines is 1. The zero-order valence-electron chi connectivity index (χ0n) is 18.7. The third kappa shape index (κ3) is 4.49. The molecule has 182 valence electrons. The Kier molecular flexibility index (Phi) is 6.45. The molecule has 0 spiro atoms. The number of rotatable bonds is 5. The molecule has 2 saturated heterocycles. The van der Waals surface area contributed by atoms with Crippen LogP contribution in [-0.2, 0) is 20.0 Å². The lowest BCUT2D eigenvalue weighted by Crippen LogP contribution is -2.38. The standard InChI is InChI=1S/C23H27ClN4O4S2/c24-18-4-9-21-22(16-18)26-23(25-21)17-10-14-28(15-11-17)34(31,32)20-7-5-19(6-8-20)33(29,30)27-12-2-1-3-13-27/h4-9,16-17H,1-3,10-15H2,(H,25,26). The number of nitrogens with one attached hydrogen (secondary N) is 1. The van der Waals surface area contributed by atoms with Crippen LogP contribution in [0.2, 0.25) is 5.02 Å². The fourth-order valence-corrected chi connectivity index (χ4v) is 7.91. The van der Waals surface area contributed by atoms with Gasteiger partial charge in [-0.2, -0.15) is 8.61 Å². The van der Waals surface area contributed by atoms with E-state index >= 15 is 0 Å². The maximum atomic E-state index is 13.2. The zero-order valence-corrected chi connectivity index (χ0v) is 21.0. The Balaban J connectivity index is 1.28. The lowest BCUT2D eigenvalue weighted by molar-refractivity contribution is 0.314. The molecule has 0 atom stereocenters. The van der Waals surface area contributed by atoms with Gasteiger partial charge in [-0.25, -0.2) is 21.8 Å². The van der Waals surface area contributed by atoms with Crippen LogP contribution in [0, 0.1) is 0 Å². The number of hydrogen-bond acceptors (Lipinski definition) is 5. The maximum absolute atomic E-state index is 13.2. The number of piperidine rings is 2. The smallest absolute Gasteiger partial charge is 0.243 e. The van der Waals surface area contributed by atoms with Crippen LogP contribution in [0.3, 0.4) is 0 Å². The number of sulfonamides is 2. The van der Waals surface area contributed by atoms with Crippen molar-refractivity contribution in [3.05, 3.63) is 53.3 Å². The molecular formula is C23H27ClN4O4S2. The molecule has 0 unspecified atom stereocenters. The van der Waals surface area contributed by atoms with E-state index in [-0.39, 0.29) is 15.7 Å². The summed E-state index contributed by atoms with van der Waals surface area (Å²) >= 11 is 6.06. The summed E-state index contributed by atoms with van der Waals surface area (Å²) in [4.78, 5) is 8.21. The van der Waals surface area contributed by atoms with Crippen LogP contribution in [0.1, 0.15) is 43.8 Å². The Morgan fingerprint density at radius 2 is 1.35 bits per heavy atom. The van der Waals surface area contributed by atoms with Crippen molar-refractivity contribution in [1.82, 2.24) is 18.6 Å². The van der Waals surface area contributed by atoms with Crippen LogP contribution < -0.4 is 0 Å². The van der Waals surface area contributed by atoms with Gasteiger partial charge in [0.25, 0.3) is 0 Å². The summed E-state index contributed by atoms with van der Waals surface area (Å²) in [6, 6.07) is 11.1. The first kappa shape index (κ1) is 23.7. The van der Waals surface area contributed by atoms with Crippen molar-refractivity contribution >= 4 is 42.7 Å². The number of benzene rings is 2. The molecule has 0 bridgehead atoms. The number of aromatic nitrogens is 2. The molecule has 0 radical (unpaired) electrons. The summed E-state index contributed by atoms with van der Waals surface area (Å²) in [5.41, 5.74) is 1.71. The van der Waals surface area contributed by atoms with Crippen molar-refractivity contribution in [3.63, 3.8) is 0 Å². The molecule has 11 heteroatoms. The Morgan fingerprint density at radius 3 is 1.94 bits per heavy atom. The predicted octanol–water partition coefficient (Wildman–Crippen LogP) is 3.96. The number of H-pyrrole nitrogens is 1. The molecular weight excluding hydrogens is 496 g/mol. The van der Waals surface area contributed by atoms with Crippen LogP contribution in [0.5, 0.6) is 0 Å². The topological polar surface area (TPSA) is 103 Å². The van der Waals surface area contributed by atoms with E-state index in [1.165, 1.54) is 32.9 Å². The number of nitrogens with zero attached hydrogens (tertiary/aromatic N) is 3. The number of halogens is 1. The Morgan fingerprint density at radius 1 is 0.794 bits per heavy atom. The van der Waals surface area contributed by atoms with Gasteiger partial charge in [0.15, 0.2) is 0 Å². The van der Waals surface area contributed by atoms with Crippen LogP contribution >= 0.6 is 11.6 Å². The largest absolute Gasteiger partial charge is 0.342 e. The lowest BCUT2D eigenvalue weighted by Gasteiger charge is -2.30. The molecule has 2 aromatic carbocycles. The van der Waals surface area contributed by atoms with E-state index in [9.17, 15) is 16.8 Å². The van der Waals surface area contributed by atoms with Crippen molar-refractivity contribution in [1.29, 1.82) is 0 Å². The van der Waals surface area contributed by atoms with Gasteiger partial charge in [-0.3, -0.25) is 0 Å². The fourth-order valence-electron chi connectivity index (χ4n) is 4.75. The van der Waals surface area contributed by atoms with Gasteiger partial charge in [0.2, 0.25) is 20.0 Å². The van der Waals surface area contributed by atoms with Gasteiger partial charge in [-0.1, -0.05) is 18.0 Å². The first-order valence-corrected chi connectivity index (χ1v) is 14.8. The van der Waals surface area contributed by atoms with Gasteiger partial charge in [0.1, 0.15) is 5.82 Å². The third-order valence-electron chi connectivity index (χ3n) is 6.72. The monoisotopic (exact) mass is 522 g/mol. The van der Waals surface area contributed by atoms with E-state index in [0.717, 1.165) is 36.1 Å². The molecule has 1 N–H and O–H groups in total. The second-order valence-electron chi connectivity index (χ2n) is 8.90. The van der Waals surface area contributed by atoms with Crippen LogP contribution in [0.25, 0.3) is 11.0 Å². The minimum absolute atomic E-state index is 0.113. The zero-order chi connectivity index (χ0) is 23.9. The minimum Gasteiger partial charge on any atom is -0.342 e. The molecule has 1 aromatic heterocycles. The molecule has 5 rings (SSSR count). The van der Waals surface area contributed by atoms with Gasteiger partial charge < -0.3 is 4.98 Å². The summed E-state index contributed by atoms with van der Waals surface area (Å²) in [6.45, 7) is 1.77. The molecule has 2 fully saturated rings. The molecule has 0 saturated carbocycles. The highest BCUT2D eigenvalue weighted by Gasteiger charge is 2.32. The number of fused-ring (bicyclic) bond motifs is 1. The highest BCUT2D eigenvalue weighted by Crippen LogP contribution is 2.31. The Hall–Kier alpha value is -1.98. The lowest BCUT2D eigenvalue weighted by atomic mass is 9.97. The van der Waals surface area contributed by atoms with Gasteiger partial charge in [0.05, 0.1) is 20.8 Å². The Labute approximate surface area is 205 Å². The second kappa shape index (κ2) is 9.23. The first-order chi connectivity index (χ1) is 16.2. The summed E-state index contributed by atoms with van der Waals surface area (Å²) in [5, 5.41) is 0.637. The highest BCUT2D eigenvalue weighted by atomic mass is 35.5. The van der Waals surface area contributed by atoms with E-state index < -0.39 is 20.0 Å². The van der Waals surface area contributed by atoms with Crippen molar-refractivity contribution < 1.29 is 16.8 Å². The fraction of sp³-hybridized carbons (Fsp3) is 0.435. The van der Waals surface area contributed by atoms with Crippen molar-refractivity contribution in [3.8, 4) is 0 Å². The second-order valence-corrected chi connectivity index (χ2v) is 13.2. The van der Waals surface area contributed by atoms with Crippen LogP contribution in [-0.4, -0.2) is 61.6 Å². The normalized spacial score (nSPS) is 19.6. The Bertz CT molecular complexity index is 1390. The summed E-state index contributed by atoms with van der Waals surface area (Å²) < 4.78 is 55.1. The number of hydrogen-bond donors (Lipinski definition) is 1. The van der Waals surface area contributed by atoms with Crippen molar-refractivity contribution in [2.24, 2.45) is 0 Å². The van der Waals surface area contributed by atoms with E-state index in [4.69, 9.17) is 11.6 Å². The van der Waals surface area contributed by atoms with E-state index in [1.807, 2.05) is 12.1 Å². The highest BCUT2D eigenvalue weighted by molar-refractivity contribution is 7.89. The first-order valence-electron chi connectivity index (χ1n) is 11.5. The predicted molar refractivity (Wildman–Crippen MR) is 131 cm³/mol. The van der Waals surface area contributed by atoms with Gasteiger partial charge >= 0.3 is 0 Å². The average molecular weight is 523 g/mol. The van der Waals surface area contributed by atoms with Crippen LogP contribution in [0.15, 0.2) is 52.3 Å². The van der Waals surface area contributed by atoms with Crippen molar-refractivity contribution in [2.75, 3.05) is 26.2 Å². The molecule has 34 heavy (non-hydrogen) atoms. The van der Waals surface area contributed by atoms with Gasteiger partial charge in [0, 0.05) is 37.1 Å². The van der Waals surface area contributed by atoms with Crippen LogP contribution in [0.4, 0.5) is 0 Å². The molecule has 3 aromatic rings. The van der Waals surface area contributed by atoms with E-state index in [0.29, 0.717) is 44.0 Å². The molecule has 0 aliphatic carbocycles. The van der Waals surface area contributed by atoms with Gasteiger partial charge in [-0.05, 0) is 68.1 Å². The molecule has 0 amide bonds.